The van der Waals surface area contributed by atoms with Crippen molar-refractivity contribution in [2.75, 3.05) is 7.05 Å². The number of hydrogen-bond donors (Lipinski definition) is 3. The van der Waals surface area contributed by atoms with Crippen molar-refractivity contribution in [2.45, 2.75) is 56.8 Å². The van der Waals surface area contributed by atoms with Crippen LogP contribution in [-0.2, 0) is 20.5 Å². The molecule has 2 aliphatic rings. The topological polar surface area (TPSA) is 109 Å². The Kier molecular flexibility index (Phi) is 6.94. The third-order valence-electron chi connectivity index (χ3n) is 5.93. The van der Waals surface area contributed by atoms with Crippen molar-refractivity contribution in [1.29, 1.82) is 0 Å². The van der Waals surface area contributed by atoms with Crippen molar-refractivity contribution in [3.05, 3.63) is 35.1 Å². The summed E-state index contributed by atoms with van der Waals surface area (Å²) in [5.41, 5.74) is -0.984. The molecule has 180 valence electrons. The molecule has 1 aromatic rings. The normalized spacial score (nSPS) is 23.8. The van der Waals surface area contributed by atoms with E-state index >= 15 is 0 Å². The molecular formula is C21H24F4N4O4. The smallest absolute Gasteiger partial charge is 0.428 e. The predicted molar refractivity (Wildman–Crippen MR) is 109 cm³/mol. The van der Waals surface area contributed by atoms with Crippen LogP contribution in [0.5, 0.6) is 0 Å². The number of carbonyl (C=O) groups excluding carboxylic acids is 3. The number of hydrogen-bond acceptors (Lipinski definition) is 5. The molecule has 1 fully saturated rings. The Hall–Kier alpha value is -3.18. The first-order valence-electron chi connectivity index (χ1n) is 10.4. The maximum absolute atomic E-state index is 13.6. The highest BCUT2D eigenvalue weighted by Gasteiger charge is 2.48. The van der Waals surface area contributed by atoms with Crippen LogP contribution in [0.3, 0.4) is 0 Å². The fourth-order valence-corrected chi connectivity index (χ4v) is 4.40. The lowest BCUT2D eigenvalue weighted by atomic mass is 9.72. The number of benzene rings is 1. The molecule has 1 aliphatic heterocycles. The van der Waals surface area contributed by atoms with Gasteiger partial charge in [0.25, 0.3) is 0 Å². The zero-order valence-electron chi connectivity index (χ0n) is 18.0. The number of alkyl halides is 3. The summed E-state index contributed by atoms with van der Waals surface area (Å²) < 4.78 is 59.8. The molecule has 1 atom stereocenters. The minimum atomic E-state index is -4.84. The molecule has 1 aliphatic carbocycles. The second kappa shape index (κ2) is 9.36. The van der Waals surface area contributed by atoms with Crippen LogP contribution in [0.25, 0.3) is 0 Å². The summed E-state index contributed by atoms with van der Waals surface area (Å²) in [5.74, 6) is -2.49. The second-order valence-corrected chi connectivity index (χ2v) is 8.28. The molecule has 33 heavy (non-hydrogen) atoms. The van der Waals surface area contributed by atoms with E-state index in [9.17, 15) is 31.9 Å². The van der Waals surface area contributed by atoms with E-state index in [1.54, 1.807) is 6.92 Å². The first-order valence-corrected chi connectivity index (χ1v) is 10.4. The summed E-state index contributed by atoms with van der Waals surface area (Å²) in [6.07, 6.45) is -3.81. The molecule has 0 saturated heterocycles. The summed E-state index contributed by atoms with van der Waals surface area (Å²) >= 11 is 0. The lowest BCUT2D eigenvalue weighted by molar-refractivity contribution is -0.139. The predicted octanol–water partition coefficient (Wildman–Crippen LogP) is 2.86. The number of halogens is 4. The number of ether oxygens (including phenoxy) is 1. The Morgan fingerprint density at radius 2 is 1.94 bits per heavy atom. The largest absolute Gasteiger partial charge is 0.435 e. The summed E-state index contributed by atoms with van der Waals surface area (Å²) in [6.45, 7) is 1.75. The van der Waals surface area contributed by atoms with E-state index in [0.29, 0.717) is 25.3 Å². The van der Waals surface area contributed by atoms with E-state index in [2.05, 4.69) is 21.2 Å². The fraction of sp³-hybridized carbons (Fsp3) is 0.524. The molecule has 0 aromatic heterocycles. The Labute approximate surface area is 187 Å². The lowest BCUT2D eigenvalue weighted by Crippen LogP contribution is -2.53. The van der Waals surface area contributed by atoms with Gasteiger partial charge in [0.15, 0.2) is 5.60 Å². The van der Waals surface area contributed by atoms with Gasteiger partial charge >= 0.3 is 24.1 Å². The minimum Gasteiger partial charge on any atom is -0.435 e. The van der Waals surface area contributed by atoms with Crippen molar-refractivity contribution in [1.82, 2.24) is 16.1 Å². The summed E-state index contributed by atoms with van der Waals surface area (Å²) in [4.78, 5) is 35.0. The molecular weight excluding hydrogens is 448 g/mol. The fourth-order valence-electron chi connectivity index (χ4n) is 4.40. The molecule has 0 radical (unpaired) electrons. The van der Waals surface area contributed by atoms with Crippen molar-refractivity contribution >= 4 is 23.6 Å². The van der Waals surface area contributed by atoms with Gasteiger partial charge in [-0.3, -0.25) is 9.59 Å². The monoisotopic (exact) mass is 472 g/mol. The third kappa shape index (κ3) is 5.42. The Balaban J connectivity index is 1.78. The molecule has 12 heteroatoms. The van der Waals surface area contributed by atoms with Gasteiger partial charge in [-0.1, -0.05) is 0 Å². The maximum atomic E-state index is 13.6. The molecule has 3 amide bonds. The van der Waals surface area contributed by atoms with E-state index in [4.69, 9.17) is 4.74 Å². The van der Waals surface area contributed by atoms with Crippen molar-refractivity contribution < 1.29 is 36.7 Å². The van der Waals surface area contributed by atoms with Crippen LogP contribution in [0.4, 0.5) is 22.4 Å². The van der Waals surface area contributed by atoms with Gasteiger partial charge in [0, 0.05) is 18.7 Å². The van der Waals surface area contributed by atoms with Crippen LogP contribution < -0.4 is 16.1 Å². The molecule has 1 heterocycles. The van der Waals surface area contributed by atoms with Gasteiger partial charge < -0.3 is 15.4 Å². The van der Waals surface area contributed by atoms with Gasteiger partial charge in [-0.25, -0.2) is 14.6 Å². The van der Waals surface area contributed by atoms with Gasteiger partial charge in [-0.2, -0.15) is 18.3 Å². The summed E-state index contributed by atoms with van der Waals surface area (Å²) in [5, 5.41) is 8.71. The quantitative estimate of drug-likeness (QED) is 0.463. The number of nitrogens with zero attached hydrogens (tertiary/aromatic N) is 1. The van der Waals surface area contributed by atoms with Gasteiger partial charge in [-0.15, -0.1) is 0 Å². The summed E-state index contributed by atoms with van der Waals surface area (Å²) in [6, 6.07) is 1.97. The van der Waals surface area contributed by atoms with Crippen molar-refractivity contribution in [2.24, 2.45) is 11.0 Å². The van der Waals surface area contributed by atoms with E-state index in [1.807, 2.05) is 0 Å². The zero-order chi connectivity index (χ0) is 24.4. The number of nitrogens with one attached hydrogen (secondary N) is 3. The molecule has 0 bridgehead atoms. The molecule has 1 saturated carbocycles. The Bertz CT molecular complexity index is 972. The van der Waals surface area contributed by atoms with Crippen LogP contribution in [0, 0.1) is 11.7 Å². The van der Waals surface area contributed by atoms with E-state index in [-0.39, 0.29) is 36.1 Å². The van der Waals surface area contributed by atoms with Crippen LogP contribution in [0.2, 0.25) is 0 Å². The first kappa shape index (κ1) is 24.5. The van der Waals surface area contributed by atoms with Crippen LogP contribution >= 0.6 is 0 Å². The molecule has 0 unspecified atom stereocenters. The molecule has 1 aromatic carbocycles. The second-order valence-electron chi connectivity index (χ2n) is 8.28. The van der Waals surface area contributed by atoms with Crippen LogP contribution in [0.15, 0.2) is 23.3 Å². The van der Waals surface area contributed by atoms with Gasteiger partial charge in [0.2, 0.25) is 0 Å². The number of carbonyl (C=O) groups is 3. The van der Waals surface area contributed by atoms with E-state index in [1.165, 1.54) is 7.05 Å². The van der Waals surface area contributed by atoms with Gasteiger partial charge in [-0.05, 0) is 63.1 Å². The number of amides is 3. The van der Waals surface area contributed by atoms with Crippen LogP contribution in [-0.4, -0.2) is 42.3 Å². The van der Waals surface area contributed by atoms with Crippen molar-refractivity contribution in [3.8, 4) is 0 Å². The molecule has 8 nitrogen and oxygen atoms in total. The average molecular weight is 472 g/mol. The molecule has 3 N–H and O–H groups in total. The van der Waals surface area contributed by atoms with Gasteiger partial charge in [0.05, 0.1) is 5.56 Å². The van der Waals surface area contributed by atoms with E-state index in [0.717, 1.165) is 12.1 Å². The highest BCUT2D eigenvalue weighted by atomic mass is 19.4. The highest BCUT2D eigenvalue weighted by Crippen LogP contribution is 2.43. The van der Waals surface area contributed by atoms with Crippen molar-refractivity contribution in [3.63, 3.8) is 0 Å². The van der Waals surface area contributed by atoms with Crippen LogP contribution in [0.1, 0.15) is 50.2 Å². The molecule has 1 spiro atoms. The summed E-state index contributed by atoms with van der Waals surface area (Å²) in [7, 11) is 1.35. The lowest BCUT2D eigenvalue weighted by Gasteiger charge is -2.42. The number of hydrazone groups is 1. The number of likely N-dealkylation sites (N-methyl/N-ethyl adjacent to an activating group) is 1. The zero-order valence-corrected chi connectivity index (χ0v) is 18.0. The third-order valence-corrected chi connectivity index (χ3v) is 5.93. The Morgan fingerprint density at radius 3 is 2.55 bits per heavy atom. The highest BCUT2D eigenvalue weighted by molar-refractivity contribution is 6.35. The SMILES string of the molecule is CNC(=O)C(=O)N[C@@H](C)CC1CCC2(CC1)OC(=O)NN=C2c1ccc(F)cc1C(F)(F)F. The maximum Gasteiger partial charge on any atom is 0.428 e. The number of rotatable bonds is 4. The van der Waals surface area contributed by atoms with Gasteiger partial charge in [0.1, 0.15) is 11.5 Å². The standard InChI is InChI=1S/C21H24F4N4O4/c1-11(27-18(31)17(30)26-2)9-12-5-7-20(8-6-12)16(28-29-19(32)33-20)14-4-3-13(22)10-15(14)21(23,24)25/h3-4,10-12H,5-9H2,1-2H3,(H,26,30)(H,27,31)(H,29,32)/t11-,12?,20?/m0/s1. The molecule has 3 rings (SSSR count). The minimum absolute atomic E-state index is 0.0701. The van der Waals surface area contributed by atoms with E-state index < -0.39 is 41.1 Å². The first-order chi connectivity index (χ1) is 15.4. The average Bonchev–Trinajstić information content (AvgIpc) is 2.74. The Morgan fingerprint density at radius 1 is 1.27 bits per heavy atom.